The van der Waals surface area contributed by atoms with Crippen molar-refractivity contribution in [1.82, 2.24) is 0 Å². The highest BCUT2D eigenvalue weighted by Crippen LogP contribution is 2.48. The van der Waals surface area contributed by atoms with E-state index in [0.717, 1.165) is 21.3 Å². The molecule has 1 nitrogen and oxygen atoms in total. The molecular formula is C22H20OS2. The molecule has 0 fully saturated rings. The molecule has 0 saturated carbocycles. The average molecular weight is 365 g/mol. The van der Waals surface area contributed by atoms with Crippen LogP contribution in [0.2, 0.25) is 0 Å². The average Bonchev–Trinajstić information content (AvgIpc) is 2.65. The molecule has 0 aromatic heterocycles. The maximum atomic E-state index is 6.32. The predicted molar refractivity (Wildman–Crippen MR) is 106 cm³/mol. The van der Waals surface area contributed by atoms with Gasteiger partial charge in [-0.2, -0.15) is 0 Å². The van der Waals surface area contributed by atoms with Crippen molar-refractivity contribution < 1.29 is 4.74 Å². The fourth-order valence-corrected chi connectivity index (χ4v) is 4.84. The summed E-state index contributed by atoms with van der Waals surface area (Å²) >= 11 is 3.55. The zero-order valence-electron chi connectivity index (χ0n) is 14.6. The molecule has 126 valence electrons. The summed E-state index contributed by atoms with van der Waals surface area (Å²) in [6.07, 6.45) is 0. The van der Waals surface area contributed by atoms with Gasteiger partial charge in [0.2, 0.25) is 0 Å². The van der Waals surface area contributed by atoms with Crippen molar-refractivity contribution in [1.29, 1.82) is 0 Å². The summed E-state index contributed by atoms with van der Waals surface area (Å²) in [4.78, 5) is 4.83. The maximum Gasteiger partial charge on any atom is 0.141 e. The standard InChI is InChI=1S/C22H20OS2/c1-22(2,3)15-12-13-17-21(14-15)25-20-11-7-6-10-19(20)24-18-9-5-4-8-16(18)23-17/h4-14H,1-3H3. The first kappa shape index (κ1) is 16.6. The Bertz CT molecular complexity index is 919. The molecule has 0 amide bonds. The van der Waals surface area contributed by atoms with E-state index in [-0.39, 0.29) is 5.41 Å². The molecule has 1 aliphatic rings. The molecule has 0 saturated heterocycles. The number of rotatable bonds is 0. The van der Waals surface area contributed by atoms with Gasteiger partial charge in [0.15, 0.2) is 0 Å². The van der Waals surface area contributed by atoms with Gasteiger partial charge >= 0.3 is 0 Å². The molecule has 1 aliphatic heterocycles. The molecule has 3 aromatic rings. The maximum absolute atomic E-state index is 6.32. The fraction of sp³-hybridized carbons (Fsp3) is 0.182. The third kappa shape index (κ3) is 3.44. The number of hydrogen-bond donors (Lipinski definition) is 0. The van der Waals surface area contributed by atoms with Crippen molar-refractivity contribution in [3.63, 3.8) is 0 Å². The topological polar surface area (TPSA) is 9.23 Å². The Morgan fingerprint density at radius 2 is 1.20 bits per heavy atom. The number of para-hydroxylation sites is 1. The van der Waals surface area contributed by atoms with E-state index in [4.69, 9.17) is 4.74 Å². The SMILES string of the molecule is CC(C)(C)c1ccc2c(c1)Sc1ccccc1Sc1ccccc1O2. The second-order valence-electron chi connectivity index (χ2n) is 7.11. The van der Waals surface area contributed by atoms with Crippen LogP contribution in [-0.4, -0.2) is 0 Å². The van der Waals surface area contributed by atoms with Crippen LogP contribution in [-0.2, 0) is 5.41 Å². The number of ether oxygens (including phenoxy) is 1. The van der Waals surface area contributed by atoms with Crippen LogP contribution in [0.5, 0.6) is 11.5 Å². The Kier molecular flexibility index (Phi) is 4.30. The van der Waals surface area contributed by atoms with E-state index in [1.54, 1.807) is 23.5 Å². The van der Waals surface area contributed by atoms with Gasteiger partial charge < -0.3 is 4.74 Å². The van der Waals surface area contributed by atoms with Gasteiger partial charge in [-0.15, -0.1) is 0 Å². The quantitative estimate of drug-likeness (QED) is 0.322. The third-order valence-electron chi connectivity index (χ3n) is 4.17. The zero-order chi connectivity index (χ0) is 17.4. The van der Waals surface area contributed by atoms with E-state index < -0.39 is 0 Å². The fourth-order valence-electron chi connectivity index (χ4n) is 2.73. The minimum absolute atomic E-state index is 0.111. The Balaban J connectivity index is 1.91. The van der Waals surface area contributed by atoms with Gasteiger partial charge in [0.1, 0.15) is 11.5 Å². The first-order valence-electron chi connectivity index (χ1n) is 8.37. The van der Waals surface area contributed by atoms with Gasteiger partial charge in [-0.3, -0.25) is 0 Å². The molecule has 0 N–H and O–H groups in total. The van der Waals surface area contributed by atoms with Crippen molar-refractivity contribution in [2.24, 2.45) is 0 Å². The lowest BCUT2D eigenvalue weighted by Gasteiger charge is -2.21. The summed E-state index contributed by atoms with van der Waals surface area (Å²) in [6.45, 7) is 6.73. The lowest BCUT2D eigenvalue weighted by atomic mass is 9.87. The van der Waals surface area contributed by atoms with Crippen LogP contribution >= 0.6 is 23.5 Å². The van der Waals surface area contributed by atoms with Crippen LogP contribution in [0.4, 0.5) is 0 Å². The Hall–Kier alpha value is -1.84. The minimum Gasteiger partial charge on any atom is -0.455 e. The Labute approximate surface area is 157 Å². The molecule has 25 heavy (non-hydrogen) atoms. The van der Waals surface area contributed by atoms with Gasteiger partial charge in [0.25, 0.3) is 0 Å². The van der Waals surface area contributed by atoms with E-state index in [1.807, 2.05) is 12.1 Å². The number of fused-ring (bicyclic) bond motifs is 3. The van der Waals surface area contributed by atoms with E-state index in [0.29, 0.717) is 0 Å². The highest BCUT2D eigenvalue weighted by atomic mass is 32.2. The molecule has 0 aliphatic carbocycles. The molecule has 0 atom stereocenters. The molecule has 1 heterocycles. The van der Waals surface area contributed by atoms with Crippen LogP contribution in [0.25, 0.3) is 0 Å². The molecule has 3 aromatic carbocycles. The van der Waals surface area contributed by atoms with Gasteiger partial charge in [-0.05, 0) is 47.4 Å². The van der Waals surface area contributed by atoms with Gasteiger partial charge in [-0.25, -0.2) is 0 Å². The van der Waals surface area contributed by atoms with Crippen LogP contribution < -0.4 is 4.74 Å². The van der Waals surface area contributed by atoms with E-state index in [2.05, 4.69) is 75.4 Å². The first-order chi connectivity index (χ1) is 12.0. The summed E-state index contributed by atoms with van der Waals surface area (Å²) < 4.78 is 6.32. The summed E-state index contributed by atoms with van der Waals surface area (Å²) in [5.74, 6) is 1.83. The summed E-state index contributed by atoms with van der Waals surface area (Å²) in [6, 6.07) is 23.4. The Morgan fingerprint density at radius 3 is 1.88 bits per heavy atom. The molecule has 3 heteroatoms. The van der Waals surface area contributed by atoms with Crippen molar-refractivity contribution in [3.8, 4) is 11.5 Å². The monoisotopic (exact) mass is 364 g/mol. The van der Waals surface area contributed by atoms with Gasteiger partial charge in [0.05, 0.1) is 9.79 Å². The molecule has 0 unspecified atom stereocenters. The van der Waals surface area contributed by atoms with Crippen LogP contribution in [0.3, 0.4) is 0 Å². The van der Waals surface area contributed by atoms with Crippen LogP contribution in [0.15, 0.2) is 86.3 Å². The third-order valence-corrected chi connectivity index (χ3v) is 6.54. The molecule has 0 radical (unpaired) electrons. The van der Waals surface area contributed by atoms with Crippen molar-refractivity contribution >= 4 is 23.5 Å². The van der Waals surface area contributed by atoms with Crippen LogP contribution in [0, 0.1) is 0 Å². The molecule has 4 rings (SSSR count). The number of benzene rings is 3. The molecular weight excluding hydrogens is 344 g/mol. The lowest BCUT2D eigenvalue weighted by molar-refractivity contribution is 0.458. The first-order valence-corrected chi connectivity index (χ1v) is 10.0. The van der Waals surface area contributed by atoms with E-state index in [1.165, 1.54) is 15.4 Å². The van der Waals surface area contributed by atoms with Gasteiger partial charge in [0, 0.05) is 9.79 Å². The van der Waals surface area contributed by atoms with E-state index in [9.17, 15) is 0 Å². The Morgan fingerprint density at radius 1 is 0.640 bits per heavy atom. The minimum atomic E-state index is 0.111. The van der Waals surface area contributed by atoms with Crippen molar-refractivity contribution in [2.45, 2.75) is 45.8 Å². The summed E-state index contributed by atoms with van der Waals surface area (Å²) in [5.41, 5.74) is 1.43. The van der Waals surface area contributed by atoms with Crippen molar-refractivity contribution in [3.05, 3.63) is 72.3 Å². The molecule has 0 bridgehead atoms. The summed E-state index contributed by atoms with van der Waals surface area (Å²) in [5, 5.41) is 0. The highest BCUT2D eigenvalue weighted by Gasteiger charge is 2.20. The summed E-state index contributed by atoms with van der Waals surface area (Å²) in [7, 11) is 0. The zero-order valence-corrected chi connectivity index (χ0v) is 16.2. The van der Waals surface area contributed by atoms with Gasteiger partial charge in [-0.1, -0.05) is 74.6 Å². The smallest absolute Gasteiger partial charge is 0.141 e. The van der Waals surface area contributed by atoms with E-state index >= 15 is 0 Å². The molecule has 0 spiro atoms. The van der Waals surface area contributed by atoms with Crippen molar-refractivity contribution in [2.75, 3.05) is 0 Å². The lowest BCUT2D eigenvalue weighted by Crippen LogP contribution is -2.11. The second-order valence-corrected chi connectivity index (χ2v) is 9.28. The normalized spacial score (nSPS) is 13.4. The number of hydrogen-bond acceptors (Lipinski definition) is 3. The van der Waals surface area contributed by atoms with Crippen LogP contribution in [0.1, 0.15) is 26.3 Å². The highest BCUT2D eigenvalue weighted by molar-refractivity contribution is 8.02. The predicted octanol–water partition coefficient (Wildman–Crippen LogP) is 7.39. The largest absolute Gasteiger partial charge is 0.455 e. The second kappa shape index (κ2) is 6.47.